The Labute approximate surface area is 259 Å². The number of hydrogen-bond donors (Lipinski definition) is 0. The quantitative estimate of drug-likeness (QED) is 0.171. The largest absolute Gasteiger partial charge is 0.245 e. The Balaban J connectivity index is 1.52. The fourth-order valence-corrected chi connectivity index (χ4v) is 6.00. The lowest BCUT2D eigenvalue weighted by molar-refractivity contribution is 0.795. The van der Waals surface area contributed by atoms with Crippen molar-refractivity contribution in [3.8, 4) is 44.8 Å². The Morgan fingerprint density at radius 1 is 0.545 bits per heavy atom. The maximum atomic E-state index is 5.37. The van der Waals surface area contributed by atoms with Crippen molar-refractivity contribution in [3.63, 3.8) is 0 Å². The fraction of sp³-hybridized carbons (Fsp3) is 0.0952. The average molecular weight is 567 g/mol. The van der Waals surface area contributed by atoms with Crippen molar-refractivity contribution in [2.75, 3.05) is 0 Å². The van der Waals surface area contributed by atoms with Gasteiger partial charge in [0.15, 0.2) is 0 Å². The van der Waals surface area contributed by atoms with Crippen LogP contribution >= 0.6 is 0 Å². The number of nitrogens with zero attached hydrogens (tertiary/aromatic N) is 2. The Hall–Kier alpha value is -5.34. The molecule has 0 aliphatic rings. The first-order valence-electron chi connectivity index (χ1n) is 15.4. The second-order valence-electron chi connectivity index (χ2n) is 11.3. The van der Waals surface area contributed by atoms with E-state index in [1.807, 2.05) is 6.08 Å². The number of aryl methyl sites for hydroxylation is 1. The van der Waals surface area contributed by atoms with Crippen molar-refractivity contribution in [3.05, 3.63) is 151 Å². The molecule has 0 fully saturated rings. The highest BCUT2D eigenvalue weighted by molar-refractivity contribution is 6.13. The van der Waals surface area contributed by atoms with Gasteiger partial charge in [-0.3, -0.25) is 0 Å². The minimum atomic E-state index is 0.908. The van der Waals surface area contributed by atoms with Gasteiger partial charge in [-0.15, -0.1) is 0 Å². The van der Waals surface area contributed by atoms with Gasteiger partial charge in [-0.2, -0.15) is 0 Å². The zero-order valence-electron chi connectivity index (χ0n) is 25.0. The lowest BCUT2D eigenvalue weighted by Crippen LogP contribution is -1.96. The standard InChI is InChI=1S/C42H34N2/c1-3-5-12-30-19-23-34(24-20-30)40-28-38(32-15-10-7-11-16-32)36-26-25-35-37(31-13-8-6-9-14-31)27-39(43-41(35)42(36)44-40)33-21-17-29(4-2)18-22-33/h4,6-11,13-28H,2-3,5,12H2,1H3. The van der Waals surface area contributed by atoms with Crippen LogP contribution in [0.1, 0.15) is 30.9 Å². The van der Waals surface area contributed by atoms with Gasteiger partial charge in [0.2, 0.25) is 0 Å². The molecule has 0 aliphatic carbocycles. The SMILES string of the molecule is C=Cc1ccc(-c2cc(-c3ccccc3)c3ccc4c(-c5ccccc5)cc(-c5ccc(CCCC)cc5)nc4c3n2)cc1. The summed E-state index contributed by atoms with van der Waals surface area (Å²) in [4.78, 5) is 10.7. The van der Waals surface area contributed by atoms with Crippen LogP contribution in [0.2, 0.25) is 0 Å². The summed E-state index contributed by atoms with van der Waals surface area (Å²) >= 11 is 0. The smallest absolute Gasteiger partial charge is 0.0978 e. The molecule has 0 saturated carbocycles. The summed E-state index contributed by atoms with van der Waals surface area (Å²) in [6.07, 6.45) is 5.36. The molecule has 2 heteroatoms. The molecule has 0 bridgehead atoms. The van der Waals surface area contributed by atoms with E-state index in [0.717, 1.165) is 73.0 Å². The Kier molecular flexibility index (Phi) is 7.56. The molecule has 44 heavy (non-hydrogen) atoms. The number of unbranched alkanes of at least 4 members (excludes halogenated alkanes) is 1. The zero-order chi connectivity index (χ0) is 29.9. The van der Waals surface area contributed by atoms with E-state index < -0.39 is 0 Å². The van der Waals surface area contributed by atoms with E-state index in [4.69, 9.17) is 9.97 Å². The predicted molar refractivity (Wildman–Crippen MR) is 187 cm³/mol. The molecule has 0 N–H and O–H groups in total. The molecule has 212 valence electrons. The summed E-state index contributed by atoms with van der Waals surface area (Å²) in [6.45, 7) is 6.16. The Morgan fingerprint density at radius 2 is 1.02 bits per heavy atom. The van der Waals surface area contributed by atoms with Gasteiger partial charge in [-0.25, -0.2) is 9.97 Å². The number of pyridine rings is 2. The van der Waals surface area contributed by atoms with E-state index >= 15 is 0 Å². The summed E-state index contributed by atoms with van der Waals surface area (Å²) in [6, 6.07) is 47.4. The van der Waals surface area contributed by atoms with Crippen molar-refractivity contribution in [2.45, 2.75) is 26.2 Å². The van der Waals surface area contributed by atoms with E-state index in [9.17, 15) is 0 Å². The van der Waals surface area contributed by atoms with Gasteiger partial charge >= 0.3 is 0 Å². The van der Waals surface area contributed by atoms with Crippen molar-refractivity contribution < 1.29 is 0 Å². The van der Waals surface area contributed by atoms with E-state index in [0.29, 0.717) is 0 Å². The molecule has 0 atom stereocenters. The molecule has 2 heterocycles. The first-order valence-corrected chi connectivity index (χ1v) is 15.4. The summed E-state index contributed by atoms with van der Waals surface area (Å²) in [7, 11) is 0. The maximum absolute atomic E-state index is 5.37. The van der Waals surface area contributed by atoms with Crippen LogP contribution in [0.25, 0.3) is 72.7 Å². The van der Waals surface area contributed by atoms with Crippen LogP contribution in [0.4, 0.5) is 0 Å². The van der Waals surface area contributed by atoms with Crippen LogP contribution in [0, 0.1) is 0 Å². The monoisotopic (exact) mass is 566 g/mol. The Bertz CT molecular complexity index is 2080. The highest BCUT2D eigenvalue weighted by Gasteiger charge is 2.17. The van der Waals surface area contributed by atoms with Crippen molar-refractivity contribution in [2.24, 2.45) is 0 Å². The number of aromatic nitrogens is 2. The van der Waals surface area contributed by atoms with E-state index in [2.05, 4.69) is 147 Å². The molecular formula is C42H34N2. The highest BCUT2D eigenvalue weighted by atomic mass is 14.8. The van der Waals surface area contributed by atoms with E-state index in [1.54, 1.807) is 0 Å². The lowest BCUT2D eigenvalue weighted by Gasteiger charge is -2.15. The van der Waals surface area contributed by atoms with Crippen molar-refractivity contribution >= 4 is 27.9 Å². The molecule has 0 saturated heterocycles. The number of fused-ring (bicyclic) bond motifs is 3. The van der Waals surface area contributed by atoms with Gasteiger partial charge in [0.05, 0.1) is 22.4 Å². The average Bonchev–Trinajstić information content (AvgIpc) is 3.10. The van der Waals surface area contributed by atoms with Crippen LogP contribution in [-0.4, -0.2) is 9.97 Å². The van der Waals surface area contributed by atoms with Gasteiger partial charge < -0.3 is 0 Å². The van der Waals surface area contributed by atoms with Crippen LogP contribution < -0.4 is 0 Å². The minimum absolute atomic E-state index is 0.908. The van der Waals surface area contributed by atoms with Gasteiger partial charge in [0.25, 0.3) is 0 Å². The third-order valence-electron chi connectivity index (χ3n) is 8.44. The number of benzene rings is 5. The van der Waals surface area contributed by atoms with Crippen LogP contribution in [0.5, 0.6) is 0 Å². The third-order valence-corrected chi connectivity index (χ3v) is 8.44. The lowest BCUT2D eigenvalue weighted by atomic mass is 9.93. The summed E-state index contributed by atoms with van der Waals surface area (Å²) in [5.74, 6) is 0. The van der Waals surface area contributed by atoms with Gasteiger partial charge in [0, 0.05) is 21.9 Å². The molecule has 0 radical (unpaired) electrons. The summed E-state index contributed by atoms with van der Waals surface area (Å²) in [5, 5.41) is 2.19. The molecule has 7 aromatic rings. The second-order valence-corrected chi connectivity index (χ2v) is 11.3. The summed E-state index contributed by atoms with van der Waals surface area (Å²) < 4.78 is 0. The summed E-state index contributed by atoms with van der Waals surface area (Å²) in [5.41, 5.74) is 13.0. The van der Waals surface area contributed by atoms with Gasteiger partial charge in [-0.1, -0.05) is 147 Å². The Morgan fingerprint density at radius 3 is 1.48 bits per heavy atom. The molecule has 0 spiro atoms. The normalized spacial score (nSPS) is 11.2. The fourth-order valence-electron chi connectivity index (χ4n) is 6.00. The third kappa shape index (κ3) is 5.31. The number of rotatable bonds is 8. The topological polar surface area (TPSA) is 25.8 Å². The molecule has 7 rings (SSSR count). The second kappa shape index (κ2) is 12.1. The van der Waals surface area contributed by atoms with Crippen LogP contribution in [0.3, 0.4) is 0 Å². The van der Waals surface area contributed by atoms with Crippen LogP contribution in [0.15, 0.2) is 140 Å². The van der Waals surface area contributed by atoms with Crippen LogP contribution in [-0.2, 0) is 6.42 Å². The molecule has 2 nitrogen and oxygen atoms in total. The first kappa shape index (κ1) is 27.5. The molecule has 0 aliphatic heterocycles. The molecule has 0 amide bonds. The van der Waals surface area contributed by atoms with Crippen molar-refractivity contribution in [1.82, 2.24) is 9.97 Å². The van der Waals surface area contributed by atoms with Gasteiger partial charge in [0.1, 0.15) is 0 Å². The molecule has 5 aromatic carbocycles. The van der Waals surface area contributed by atoms with Crippen molar-refractivity contribution in [1.29, 1.82) is 0 Å². The molecular weight excluding hydrogens is 532 g/mol. The molecule has 2 aromatic heterocycles. The molecule has 0 unspecified atom stereocenters. The number of hydrogen-bond acceptors (Lipinski definition) is 2. The highest BCUT2D eigenvalue weighted by Crippen LogP contribution is 2.39. The van der Waals surface area contributed by atoms with E-state index in [1.165, 1.54) is 24.0 Å². The predicted octanol–water partition coefficient (Wildman–Crippen LogP) is 11.4. The zero-order valence-corrected chi connectivity index (χ0v) is 25.0. The first-order chi connectivity index (χ1) is 21.7. The maximum Gasteiger partial charge on any atom is 0.0978 e. The van der Waals surface area contributed by atoms with Gasteiger partial charge in [-0.05, 0) is 58.4 Å². The van der Waals surface area contributed by atoms with E-state index in [-0.39, 0.29) is 0 Å². The minimum Gasteiger partial charge on any atom is -0.245 e.